The molecule has 0 atom stereocenters. The van der Waals surface area contributed by atoms with Crippen LogP contribution in [-0.2, 0) is 6.54 Å². The molecule has 1 aromatic rings. The van der Waals surface area contributed by atoms with Crippen LogP contribution in [0.4, 0.5) is 0 Å². The lowest BCUT2D eigenvalue weighted by Gasteiger charge is -1.99. The molecule has 0 fully saturated rings. The van der Waals surface area contributed by atoms with Crippen LogP contribution in [0.3, 0.4) is 0 Å². The van der Waals surface area contributed by atoms with E-state index in [1.54, 1.807) is 0 Å². The Labute approximate surface area is 74.6 Å². The molecule has 1 heterocycles. The molecule has 2 nitrogen and oxygen atoms in total. The summed E-state index contributed by atoms with van der Waals surface area (Å²) in [6.45, 7) is 7.65. The monoisotopic (exact) mass is 166 g/mol. The molecule has 0 aliphatic heterocycles. The van der Waals surface area contributed by atoms with Crippen molar-refractivity contribution in [3.8, 4) is 0 Å². The van der Waals surface area contributed by atoms with Gasteiger partial charge < -0.3 is 0 Å². The number of aromatic nitrogens is 2. The van der Waals surface area contributed by atoms with Crippen LogP contribution in [0.15, 0.2) is 12.4 Å². The molecular formula is C10H18N2. The average Bonchev–Trinajstić information content (AvgIpc) is 2.48. The topological polar surface area (TPSA) is 17.8 Å². The quantitative estimate of drug-likeness (QED) is 0.672. The SMILES string of the molecule is CCCCn1cc(C(C)C)cn1. The van der Waals surface area contributed by atoms with E-state index in [0.717, 1.165) is 6.54 Å². The highest BCUT2D eigenvalue weighted by Gasteiger charge is 2.01. The third kappa shape index (κ3) is 2.36. The zero-order chi connectivity index (χ0) is 8.97. The van der Waals surface area contributed by atoms with E-state index in [-0.39, 0.29) is 0 Å². The standard InChI is InChI=1S/C10H18N2/c1-4-5-6-12-8-10(7-11-12)9(2)3/h7-9H,4-6H2,1-3H3. The van der Waals surface area contributed by atoms with E-state index in [4.69, 9.17) is 0 Å². The molecular weight excluding hydrogens is 148 g/mol. The summed E-state index contributed by atoms with van der Waals surface area (Å²) >= 11 is 0. The van der Waals surface area contributed by atoms with E-state index < -0.39 is 0 Å². The van der Waals surface area contributed by atoms with Gasteiger partial charge in [-0.2, -0.15) is 5.10 Å². The van der Waals surface area contributed by atoms with Crippen molar-refractivity contribution >= 4 is 0 Å². The highest BCUT2D eigenvalue weighted by Crippen LogP contribution is 2.12. The first-order valence-corrected chi connectivity index (χ1v) is 4.76. The van der Waals surface area contributed by atoms with Gasteiger partial charge in [-0.05, 0) is 17.9 Å². The number of hydrogen-bond donors (Lipinski definition) is 0. The number of unbranched alkanes of at least 4 members (excludes halogenated alkanes) is 1. The Morgan fingerprint density at radius 2 is 2.25 bits per heavy atom. The summed E-state index contributed by atoms with van der Waals surface area (Å²) in [4.78, 5) is 0. The largest absolute Gasteiger partial charge is 0.272 e. The molecule has 0 bridgehead atoms. The molecule has 0 saturated heterocycles. The summed E-state index contributed by atoms with van der Waals surface area (Å²) in [6, 6.07) is 0. The molecule has 0 aromatic carbocycles. The lowest BCUT2D eigenvalue weighted by molar-refractivity contribution is 0.571. The molecule has 0 aliphatic rings. The van der Waals surface area contributed by atoms with Crippen LogP contribution in [0.25, 0.3) is 0 Å². The highest BCUT2D eigenvalue weighted by atomic mass is 15.3. The smallest absolute Gasteiger partial charge is 0.0524 e. The van der Waals surface area contributed by atoms with Crippen LogP contribution in [0.5, 0.6) is 0 Å². The van der Waals surface area contributed by atoms with Crippen LogP contribution in [0.2, 0.25) is 0 Å². The maximum Gasteiger partial charge on any atom is 0.0524 e. The Morgan fingerprint density at radius 1 is 1.50 bits per heavy atom. The van der Waals surface area contributed by atoms with Crippen molar-refractivity contribution in [2.75, 3.05) is 0 Å². The van der Waals surface area contributed by atoms with Crippen molar-refractivity contribution < 1.29 is 0 Å². The molecule has 68 valence electrons. The van der Waals surface area contributed by atoms with Crippen molar-refractivity contribution in [3.05, 3.63) is 18.0 Å². The van der Waals surface area contributed by atoms with Gasteiger partial charge in [-0.15, -0.1) is 0 Å². The molecule has 0 amide bonds. The fraction of sp³-hybridized carbons (Fsp3) is 0.700. The average molecular weight is 166 g/mol. The minimum Gasteiger partial charge on any atom is -0.272 e. The second-order valence-electron chi connectivity index (χ2n) is 3.54. The number of hydrogen-bond acceptors (Lipinski definition) is 1. The lowest BCUT2D eigenvalue weighted by atomic mass is 10.1. The van der Waals surface area contributed by atoms with Crippen molar-refractivity contribution in [1.82, 2.24) is 9.78 Å². The summed E-state index contributed by atoms with van der Waals surface area (Å²) in [6.07, 6.45) is 6.58. The van der Waals surface area contributed by atoms with E-state index in [1.165, 1.54) is 18.4 Å². The van der Waals surface area contributed by atoms with E-state index in [1.807, 2.05) is 10.9 Å². The second-order valence-corrected chi connectivity index (χ2v) is 3.54. The van der Waals surface area contributed by atoms with Gasteiger partial charge in [0.15, 0.2) is 0 Å². The minimum absolute atomic E-state index is 0.598. The Kier molecular flexibility index (Phi) is 3.32. The fourth-order valence-electron chi connectivity index (χ4n) is 1.12. The van der Waals surface area contributed by atoms with Gasteiger partial charge in [0.05, 0.1) is 6.20 Å². The first-order chi connectivity index (χ1) is 5.74. The second kappa shape index (κ2) is 4.29. The zero-order valence-electron chi connectivity index (χ0n) is 8.25. The predicted octanol–water partition coefficient (Wildman–Crippen LogP) is 2.81. The molecule has 0 N–H and O–H groups in total. The van der Waals surface area contributed by atoms with E-state index in [9.17, 15) is 0 Å². The molecule has 0 unspecified atom stereocenters. The van der Waals surface area contributed by atoms with Gasteiger partial charge in [-0.1, -0.05) is 27.2 Å². The van der Waals surface area contributed by atoms with Crippen LogP contribution in [-0.4, -0.2) is 9.78 Å². The van der Waals surface area contributed by atoms with Gasteiger partial charge in [-0.3, -0.25) is 4.68 Å². The van der Waals surface area contributed by atoms with Gasteiger partial charge in [-0.25, -0.2) is 0 Å². The summed E-state index contributed by atoms with van der Waals surface area (Å²) in [5.74, 6) is 0.598. The maximum atomic E-state index is 4.29. The third-order valence-corrected chi connectivity index (χ3v) is 2.06. The molecule has 0 aliphatic carbocycles. The molecule has 0 spiro atoms. The first kappa shape index (κ1) is 9.30. The number of rotatable bonds is 4. The van der Waals surface area contributed by atoms with Crippen molar-refractivity contribution in [2.24, 2.45) is 0 Å². The molecule has 0 radical (unpaired) electrons. The van der Waals surface area contributed by atoms with Crippen molar-refractivity contribution in [2.45, 2.75) is 46.1 Å². The molecule has 12 heavy (non-hydrogen) atoms. The lowest BCUT2D eigenvalue weighted by Crippen LogP contribution is -1.97. The maximum absolute atomic E-state index is 4.29. The Bertz CT molecular complexity index is 225. The van der Waals surface area contributed by atoms with Crippen LogP contribution < -0.4 is 0 Å². The molecule has 2 heteroatoms. The molecule has 0 saturated carbocycles. The third-order valence-electron chi connectivity index (χ3n) is 2.06. The van der Waals surface area contributed by atoms with Crippen molar-refractivity contribution in [3.63, 3.8) is 0 Å². The number of aryl methyl sites for hydroxylation is 1. The summed E-state index contributed by atoms with van der Waals surface area (Å²) in [7, 11) is 0. The van der Waals surface area contributed by atoms with Gasteiger partial charge in [0.2, 0.25) is 0 Å². The van der Waals surface area contributed by atoms with Gasteiger partial charge in [0.25, 0.3) is 0 Å². The fourth-order valence-corrected chi connectivity index (χ4v) is 1.12. The molecule has 1 aromatic heterocycles. The van der Waals surface area contributed by atoms with E-state index in [0.29, 0.717) is 5.92 Å². The number of nitrogens with zero attached hydrogens (tertiary/aromatic N) is 2. The van der Waals surface area contributed by atoms with E-state index in [2.05, 4.69) is 32.1 Å². The molecule has 1 rings (SSSR count). The van der Waals surface area contributed by atoms with E-state index >= 15 is 0 Å². The minimum atomic E-state index is 0.598. The van der Waals surface area contributed by atoms with Crippen LogP contribution in [0, 0.1) is 0 Å². The van der Waals surface area contributed by atoms with Gasteiger partial charge >= 0.3 is 0 Å². The Hall–Kier alpha value is -0.790. The van der Waals surface area contributed by atoms with Gasteiger partial charge in [0, 0.05) is 12.7 Å². The van der Waals surface area contributed by atoms with Crippen LogP contribution >= 0.6 is 0 Å². The summed E-state index contributed by atoms with van der Waals surface area (Å²) < 4.78 is 2.04. The van der Waals surface area contributed by atoms with Crippen LogP contribution in [0.1, 0.15) is 45.1 Å². The van der Waals surface area contributed by atoms with Gasteiger partial charge in [0.1, 0.15) is 0 Å². The summed E-state index contributed by atoms with van der Waals surface area (Å²) in [5, 5.41) is 4.29. The zero-order valence-corrected chi connectivity index (χ0v) is 8.25. The summed E-state index contributed by atoms with van der Waals surface area (Å²) in [5.41, 5.74) is 1.34. The van der Waals surface area contributed by atoms with Crippen molar-refractivity contribution in [1.29, 1.82) is 0 Å². The Morgan fingerprint density at radius 3 is 2.75 bits per heavy atom. The Balaban J connectivity index is 2.52. The highest BCUT2D eigenvalue weighted by molar-refractivity contribution is 5.08. The normalized spacial score (nSPS) is 11.0. The predicted molar refractivity (Wildman–Crippen MR) is 51.2 cm³/mol. The first-order valence-electron chi connectivity index (χ1n) is 4.76.